The first-order valence-corrected chi connectivity index (χ1v) is 6.34. The minimum Gasteiger partial charge on any atom is -0.467 e. The van der Waals surface area contributed by atoms with Crippen molar-refractivity contribution >= 4 is 11.6 Å². The summed E-state index contributed by atoms with van der Waals surface area (Å²) in [7, 11) is 0. The highest BCUT2D eigenvalue weighted by Crippen LogP contribution is 2.19. The maximum atomic E-state index is 11.9. The summed E-state index contributed by atoms with van der Waals surface area (Å²) < 4.78 is 5.24. The van der Waals surface area contributed by atoms with Crippen molar-refractivity contribution in [1.82, 2.24) is 10.3 Å². The highest BCUT2D eigenvalue weighted by atomic mass is 16.3. The normalized spacial score (nSPS) is 14.1. The van der Waals surface area contributed by atoms with Crippen LogP contribution in [0.2, 0.25) is 0 Å². The molecule has 5 nitrogen and oxygen atoms in total. The molecule has 2 N–H and O–H groups in total. The van der Waals surface area contributed by atoms with Crippen LogP contribution in [-0.4, -0.2) is 16.9 Å². The number of hydrogen-bond acceptors (Lipinski definition) is 4. The van der Waals surface area contributed by atoms with Crippen LogP contribution in [0.1, 0.15) is 29.1 Å². The molecule has 0 saturated heterocycles. The molecular weight excluding hydrogens is 242 g/mol. The summed E-state index contributed by atoms with van der Waals surface area (Å²) in [4.78, 5) is 15.9. The second kappa shape index (κ2) is 5.14. The van der Waals surface area contributed by atoms with Gasteiger partial charge in [0.15, 0.2) is 0 Å². The Balaban J connectivity index is 1.63. The molecule has 2 aromatic rings. The summed E-state index contributed by atoms with van der Waals surface area (Å²) in [5.74, 6) is 0.741. The zero-order valence-corrected chi connectivity index (χ0v) is 10.4. The quantitative estimate of drug-likeness (QED) is 0.861. The van der Waals surface area contributed by atoms with E-state index in [1.807, 2.05) is 18.2 Å². The fraction of sp³-hybridized carbons (Fsp3) is 0.286. The van der Waals surface area contributed by atoms with Crippen LogP contribution in [0.3, 0.4) is 0 Å². The number of hydrogen-bond donors (Lipinski definition) is 2. The van der Waals surface area contributed by atoms with Crippen LogP contribution in [0.25, 0.3) is 0 Å². The topological polar surface area (TPSA) is 67.2 Å². The maximum absolute atomic E-state index is 11.9. The van der Waals surface area contributed by atoms with E-state index in [4.69, 9.17) is 4.42 Å². The van der Waals surface area contributed by atoms with E-state index in [2.05, 4.69) is 15.6 Å². The highest BCUT2D eigenvalue weighted by molar-refractivity contribution is 5.93. The lowest BCUT2D eigenvalue weighted by atomic mass is 10.3. The predicted octanol–water partition coefficient (Wildman–Crippen LogP) is 2.18. The first-order chi connectivity index (χ1) is 9.31. The van der Waals surface area contributed by atoms with Crippen LogP contribution in [0.15, 0.2) is 41.1 Å². The van der Waals surface area contributed by atoms with Gasteiger partial charge in [0.2, 0.25) is 0 Å². The molecule has 1 aliphatic rings. The van der Waals surface area contributed by atoms with E-state index in [0.717, 1.165) is 24.3 Å². The van der Waals surface area contributed by atoms with E-state index >= 15 is 0 Å². The average Bonchev–Trinajstić information content (AvgIpc) is 3.09. The molecule has 0 radical (unpaired) electrons. The van der Waals surface area contributed by atoms with Gasteiger partial charge in [-0.15, -0.1) is 0 Å². The Hall–Kier alpha value is -2.30. The Kier molecular flexibility index (Phi) is 3.18. The van der Waals surface area contributed by atoms with E-state index in [9.17, 15) is 4.79 Å². The van der Waals surface area contributed by atoms with Crippen molar-refractivity contribution < 1.29 is 9.21 Å². The van der Waals surface area contributed by atoms with E-state index < -0.39 is 0 Å². The van der Waals surface area contributed by atoms with Crippen LogP contribution in [-0.2, 0) is 6.54 Å². The molecule has 0 bridgehead atoms. The number of furan rings is 1. The molecule has 19 heavy (non-hydrogen) atoms. The van der Waals surface area contributed by atoms with Crippen molar-refractivity contribution in [3.05, 3.63) is 48.2 Å². The Labute approximate surface area is 111 Å². The minimum absolute atomic E-state index is 0.107. The number of amides is 1. The lowest BCUT2D eigenvalue weighted by Gasteiger charge is -2.07. The lowest BCUT2D eigenvalue weighted by Crippen LogP contribution is -2.26. The van der Waals surface area contributed by atoms with Gasteiger partial charge < -0.3 is 15.1 Å². The largest absolute Gasteiger partial charge is 0.467 e. The maximum Gasteiger partial charge on any atom is 0.270 e. The lowest BCUT2D eigenvalue weighted by molar-refractivity contribution is 0.0946. The number of aromatic nitrogens is 1. The van der Waals surface area contributed by atoms with Crippen LogP contribution in [0.4, 0.5) is 5.69 Å². The van der Waals surface area contributed by atoms with E-state index in [1.165, 1.54) is 0 Å². The van der Waals surface area contributed by atoms with Crippen LogP contribution in [0, 0.1) is 0 Å². The van der Waals surface area contributed by atoms with Crippen molar-refractivity contribution in [2.75, 3.05) is 5.32 Å². The van der Waals surface area contributed by atoms with Crippen LogP contribution >= 0.6 is 0 Å². The van der Waals surface area contributed by atoms with E-state index in [1.54, 1.807) is 18.5 Å². The standard InChI is InChI=1S/C14H15N3O2/c18-14(17-10-3-4-10)13-8-11(5-6-15-13)16-9-12-2-1-7-19-12/h1-2,5-8,10H,3-4,9H2,(H,15,16)(H,17,18). The molecule has 0 unspecified atom stereocenters. The third-order valence-electron chi connectivity index (χ3n) is 2.95. The SMILES string of the molecule is O=C(NC1CC1)c1cc(NCc2ccco2)ccn1. The van der Waals surface area contributed by atoms with Gasteiger partial charge in [-0.1, -0.05) is 0 Å². The number of nitrogens with zero attached hydrogens (tertiary/aromatic N) is 1. The Morgan fingerprint density at radius 3 is 3.05 bits per heavy atom. The Morgan fingerprint density at radius 2 is 2.32 bits per heavy atom. The molecular formula is C14H15N3O2. The molecule has 1 saturated carbocycles. The van der Waals surface area contributed by atoms with Gasteiger partial charge in [-0.2, -0.15) is 0 Å². The molecule has 1 fully saturated rings. The van der Waals surface area contributed by atoms with Gasteiger partial charge in [0.25, 0.3) is 5.91 Å². The summed E-state index contributed by atoms with van der Waals surface area (Å²) in [5.41, 5.74) is 1.30. The third-order valence-corrected chi connectivity index (χ3v) is 2.95. The zero-order valence-electron chi connectivity index (χ0n) is 10.4. The summed E-state index contributed by atoms with van der Waals surface area (Å²) in [6, 6.07) is 7.67. The van der Waals surface area contributed by atoms with Crippen LogP contribution < -0.4 is 10.6 Å². The molecule has 3 rings (SSSR count). The molecule has 1 aliphatic carbocycles. The molecule has 0 aliphatic heterocycles. The summed E-state index contributed by atoms with van der Waals surface area (Å²) in [6.45, 7) is 0.584. The molecule has 0 atom stereocenters. The van der Waals surface area contributed by atoms with Gasteiger partial charge in [0.05, 0.1) is 12.8 Å². The van der Waals surface area contributed by atoms with Gasteiger partial charge in [0.1, 0.15) is 11.5 Å². The van der Waals surface area contributed by atoms with E-state index in [0.29, 0.717) is 18.3 Å². The number of carbonyl (C=O) groups is 1. The molecule has 2 aromatic heterocycles. The number of anilines is 1. The van der Waals surface area contributed by atoms with Crippen molar-refractivity contribution in [3.63, 3.8) is 0 Å². The molecule has 2 heterocycles. The van der Waals surface area contributed by atoms with Gasteiger partial charge >= 0.3 is 0 Å². The van der Waals surface area contributed by atoms with Crippen molar-refractivity contribution in [3.8, 4) is 0 Å². The predicted molar refractivity (Wildman–Crippen MR) is 70.8 cm³/mol. The number of pyridine rings is 1. The minimum atomic E-state index is -0.107. The Morgan fingerprint density at radius 1 is 1.42 bits per heavy atom. The fourth-order valence-electron chi connectivity index (χ4n) is 1.75. The van der Waals surface area contributed by atoms with Crippen molar-refractivity contribution in [2.24, 2.45) is 0 Å². The average molecular weight is 257 g/mol. The molecule has 1 amide bonds. The molecule has 98 valence electrons. The zero-order chi connectivity index (χ0) is 13.1. The van der Waals surface area contributed by atoms with Gasteiger partial charge in [-0.3, -0.25) is 9.78 Å². The smallest absolute Gasteiger partial charge is 0.270 e. The first kappa shape index (κ1) is 11.8. The van der Waals surface area contributed by atoms with E-state index in [-0.39, 0.29) is 5.91 Å². The molecule has 0 aromatic carbocycles. The molecule has 0 spiro atoms. The molecule has 5 heteroatoms. The summed E-state index contributed by atoms with van der Waals surface area (Å²) >= 11 is 0. The summed E-state index contributed by atoms with van der Waals surface area (Å²) in [5, 5.41) is 6.12. The van der Waals surface area contributed by atoms with Crippen LogP contribution in [0.5, 0.6) is 0 Å². The Bertz CT molecular complexity index is 562. The fourth-order valence-corrected chi connectivity index (χ4v) is 1.75. The van der Waals surface area contributed by atoms with Crippen molar-refractivity contribution in [2.45, 2.75) is 25.4 Å². The number of nitrogens with one attached hydrogen (secondary N) is 2. The van der Waals surface area contributed by atoms with Crippen molar-refractivity contribution in [1.29, 1.82) is 0 Å². The monoisotopic (exact) mass is 257 g/mol. The second-order valence-corrected chi connectivity index (χ2v) is 4.61. The third kappa shape index (κ3) is 3.13. The number of carbonyl (C=O) groups excluding carboxylic acids is 1. The van der Waals surface area contributed by atoms with Gasteiger partial charge in [-0.05, 0) is 37.1 Å². The van der Waals surface area contributed by atoms with Gasteiger partial charge in [0, 0.05) is 17.9 Å². The highest BCUT2D eigenvalue weighted by Gasteiger charge is 2.24. The summed E-state index contributed by atoms with van der Waals surface area (Å²) in [6.07, 6.45) is 5.41. The van der Waals surface area contributed by atoms with Gasteiger partial charge in [-0.25, -0.2) is 0 Å². The number of rotatable bonds is 5. The first-order valence-electron chi connectivity index (χ1n) is 6.34. The second-order valence-electron chi connectivity index (χ2n) is 4.61.